The topological polar surface area (TPSA) is 98.8 Å². The van der Waals surface area contributed by atoms with Gasteiger partial charge in [-0.15, -0.1) is 0 Å². The van der Waals surface area contributed by atoms with Gasteiger partial charge in [0.1, 0.15) is 11.4 Å². The largest absolute Gasteiger partial charge is 0.351 e. The van der Waals surface area contributed by atoms with E-state index >= 15 is 0 Å². The molecule has 9 heteroatoms. The molecule has 0 aliphatic rings. The van der Waals surface area contributed by atoms with Gasteiger partial charge in [0.25, 0.3) is 5.91 Å². The number of fused-ring (bicyclic) bond motifs is 1. The molecule has 0 atom stereocenters. The Morgan fingerprint density at radius 3 is 2.92 bits per heavy atom. The SMILES string of the molecule is CSc1ncc(C(=O)NCCN(C)C)c(Nc2ccc3cn[nH]c3c2)n1. The molecule has 2 heterocycles. The maximum Gasteiger partial charge on any atom is 0.256 e. The second kappa shape index (κ2) is 8.15. The van der Waals surface area contributed by atoms with Crippen LogP contribution in [0.25, 0.3) is 10.9 Å². The lowest BCUT2D eigenvalue weighted by molar-refractivity contribution is 0.0951. The van der Waals surface area contributed by atoms with Crippen molar-refractivity contribution in [3.8, 4) is 0 Å². The molecule has 0 saturated carbocycles. The highest BCUT2D eigenvalue weighted by Crippen LogP contribution is 2.23. The molecular formula is C17H21N7OS. The van der Waals surface area contributed by atoms with Crippen LogP contribution in [-0.2, 0) is 0 Å². The van der Waals surface area contributed by atoms with Crippen LogP contribution in [0.4, 0.5) is 11.5 Å². The molecule has 136 valence electrons. The molecule has 3 aromatic rings. The van der Waals surface area contributed by atoms with Gasteiger partial charge in [-0.25, -0.2) is 9.97 Å². The number of hydrogen-bond donors (Lipinski definition) is 3. The summed E-state index contributed by atoms with van der Waals surface area (Å²) in [6.07, 6.45) is 5.22. The first-order valence-electron chi connectivity index (χ1n) is 8.11. The summed E-state index contributed by atoms with van der Waals surface area (Å²) in [7, 11) is 3.92. The van der Waals surface area contributed by atoms with Crippen LogP contribution in [0.2, 0.25) is 0 Å². The van der Waals surface area contributed by atoms with Crippen molar-refractivity contribution >= 4 is 40.1 Å². The Bertz CT molecular complexity index is 909. The number of rotatable bonds is 7. The third-order valence-electron chi connectivity index (χ3n) is 3.74. The Morgan fingerprint density at radius 1 is 1.31 bits per heavy atom. The minimum Gasteiger partial charge on any atom is -0.351 e. The summed E-state index contributed by atoms with van der Waals surface area (Å²) in [4.78, 5) is 23.2. The van der Waals surface area contributed by atoms with Crippen LogP contribution in [0.1, 0.15) is 10.4 Å². The zero-order chi connectivity index (χ0) is 18.5. The lowest BCUT2D eigenvalue weighted by Crippen LogP contribution is -2.32. The molecule has 0 aliphatic carbocycles. The van der Waals surface area contributed by atoms with Crippen LogP contribution in [-0.4, -0.2) is 64.4 Å². The van der Waals surface area contributed by atoms with E-state index in [0.717, 1.165) is 23.1 Å². The Labute approximate surface area is 155 Å². The van der Waals surface area contributed by atoms with Crippen LogP contribution in [0.15, 0.2) is 35.7 Å². The van der Waals surface area contributed by atoms with Gasteiger partial charge in [-0.2, -0.15) is 5.10 Å². The van der Waals surface area contributed by atoms with Gasteiger partial charge in [-0.1, -0.05) is 11.8 Å². The standard InChI is InChI=1S/C17H21N7OS/c1-24(2)7-6-18-16(25)13-10-19-17(26-3)22-15(13)21-12-5-4-11-9-20-23-14(11)8-12/h4-5,8-10H,6-7H2,1-3H3,(H,18,25)(H,20,23)(H,19,21,22). The molecule has 0 bridgehead atoms. The van der Waals surface area contributed by atoms with E-state index in [4.69, 9.17) is 0 Å². The van der Waals surface area contributed by atoms with E-state index in [1.807, 2.05) is 43.5 Å². The number of aromatic amines is 1. The number of nitrogens with one attached hydrogen (secondary N) is 3. The van der Waals surface area contributed by atoms with E-state index in [9.17, 15) is 4.79 Å². The van der Waals surface area contributed by atoms with Gasteiger partial charge in [0.15, 0.2) is 5.16 Å². The highest BCUT2D eigenvalue weighted by Gasteiger charge is 2.15. The van der Waals surface area contributed by atoms with E-state index in [0.29, 0.717) is 23.1 Å². The maximum absolute atomic E-state index is 12.5. The number of benzene rings is 1. The molecule has 2 aromatic heterocycles. The summed E-state index contributed by atoms with van der Waals surface area (Å²) in [5.74, 6) is 0.273. The molecule has 0 aliphatic heterocycles. The predicted octanol–water partition coefficient (Wildman–Crippen LogP) is 2.11. The average Bonchev–Trinajstić information content (AvgIpc) is 3.09. The van der Waals surface area contributed by atoms with Gasteiger partial charge in [-0.3, -0.25) is 9.89 Å². The highest BCUT2D eigenvalue weighted by molar-refractivity contribution is 7.98. The molecule has 0 radical (unpaired) electrons. The first kappa shape index (κ1) is 18.2. The summed E-state index contributed by atoms with van der Waals surface area (Å²) in [6, 6.07) is 5.80. The van der Waals surface area contributed by atoms with Gasteiger partial charge in [0.2, 0.25) is 0 Å². The molecule has 0 fully saturated rings. The number of thioether (sulfide) groups is 1. The molecule has 0 unspecified atom stereocenters. The number of carbonyl (C=O) groups is 1. The predicted molar refractivity (Wildman–Crippen MR) is 104 cm³/mol. The lowest BCUT2D eigenvalue weighted by atomic mass is 10.2. The molecule has 26 heavy (non-hydrogen) atoms. The van der Waals surface area contributed by atoms with Crippen molar-refractivity contribution in [3.05, 3.63) is 36.2 Å². The van der Waals surface area contributed by atoms with Crippen LogP contribution >= 0.6 is 11.8 Å². The molecule has 3 rings (SSSR count). The number of carbonyl (C=O) groups excluding carboxylic acids is 1. The Hall–Kier alpha value is -2.65. The quantitative estimate of drug-likeness (QED) is 0.432. The Kier molecular flexibility index (Phi) is 5.69. The zero-order valence-corrected chi connectivity index (χ0v) is 15.7. The molecule has 3 N–H and O–H groups in total. The van der Waals surface area contributed by atoms with Crippen molar-refractivity contribution < 1.29 is 4.79 Å². The van der Waals surface area contributed by atoms with E-state index in [-0.39, 0.29) is 5.91 Å². The smallest absolute Gasteiger partial charge is 0.256 e. The highest BCUT2D eigenvalue weighted by atomic mass is 32.2. The van der Waals surface area contributed by atoms with Crippen LogP contribution < -0.4 is 10.6 Å². The summed E-state index contributed by atoms with van der Waals surface area (Å²) >= 11 is 1.42. The van der Waals surface area contributed by atoms with Crippen LogP contribution in [0, 0.1) is 0 Å². The number of nitrogens with zero attached hydrogens (tertiary/aromatic N) is 4. The van der Waals surface area contributed by atoms with Crippen LogP contribution in [0.3, 0.4) is 0 Å². The lowest BCUT2D eigenvalue weighted by Gasteiger charge is -2.13. The summed E-state index contributed by atoms with van der Waals surface area (Å²) in [5, 5.41) is 14.7. The molecule has 8 nitrogen and oxygen atoms in total. The molecule has 1 amide bonds. The summed E-state index contributed by atoms with van der Waals surface area (Å²) in [5.41, 5.74) is 2.13. The normalized spacial score (nSPS) is 11.1. The Morgan fingerprint density at radius 2 is 2.15 bits per heavy atom. The molecule has 0 spiro atoms. The van der Waals surface area contributed by atoms with Gasteiger partial charge >= 0.3 is 0 Å². The molecule has 1 aromatic carbocycles. The van der Waals surface area contributed by atoms with E-state index in [1.54, 1.807) is 12.4 Å². The number of H-pyrrole nitrogens is 1. The second-order valence-electron chi connectivity index (χ2n) is 5.98. The first-order chi connectivity index (χ1) is 12.6. The minimum atomic E-state index is -0.204. The van der Waals surface area contributed by atoms with E-state index in [2.05, 4.69) is 30.8 Å². The number of amides is 1. The summed E-state index contributed by atoms with van der Waals surface area (Å²) < 4.78 is 0. The zero-order valence-electron chi connectivity index (χ0n) is 14.9. The Balaban J connectivity index is 1.84. The number of hydrogen-bond acceptors (Lipinski definition) is 7. The minimum absolute atomic E-state index is 0.204. The maximum atomic E-state index is 12.5. The third-order valence-corrected chi connectivity index (χ3v) is 4.30. The number of likely N-dealkylation sites (N-methyl/N-ethyl adjacent to an activating group) is 1. The monoisotopic (exact) mass is 371 g/mol. The van der Waals surface area contributed by atoms with Crippen molar-refractivity contribution in [1.82, 2.24) is 30.4 Å². The van der Waals surface area contributed by atoms with Crippen LogP contribution in [0.5, 0.6) is 0 Å². The average molecular weight is 371 g/mol. The van der Waals surface area contributed by atoms with Gasteiger partial charge in [0.05, 0.1) is 11.7 Å². The third kappa shape index (κ3) is 4.30. The molecular weight excluding hydrogens is 350 g/mol. The van der Waals surface area contributed by atoms with E-state index in [1.165, 1.54) is 11.8 Å². The summed E-state index contributed by atoms with van der Waals surface area (Å²) in [6.45, 7) is 1.31. The van der Waals surface area contributed by atoms with E-state index < -0.39 is 0 Å². The fourth-order valence-corrected chi connectivity index (χ4v) is 2.71. The fraction of sp³-hybridized carbons (Fsp3) is 0.294. The van der Waals surface area contributed by atoms with Crippen molar-refractivity contribution in [2.24, 2.45) is 0 Å². The fourth-order valence-electron chi connectivity index (χ4n) is 2.37. The van der Waals surface area contributed by atoms with Crippen molar-refractivity contribution in [2.45, 2.75) is 5.16 Å². The van der Waals surface area contributed by atoms with Gasteiger partial charge in [-0.05, 0) is 38.6 Å². The second-order valence-corrected chi connectivity index (χ2v) is 6.75. The van der Waals surface area contributed by atoms with Crippen molar-refractivity contribution in [2.75, 3.05) is 38.8 Å². The number of aromatic nitrogens is 4. The van der Waals surface area contributed by atoms with Crippen molar-refractivity contribution in [1.29, 1.82) is 0 Å². The van der Waals surface area contributed by atoms with Gasteiger partial charge in [0, 0.05) is 30.4 Å². The van der Waals surface area contributed by atoms with Gasteiger partial charge < -0.3 is 15.5 Å². The molecule has 0 saturated heterocycles. The number of anilines is 2. The van der Waals surface area contributed by atoms with Crippen molar-refractivity contribution in [3.63, 3.8) is 0 Å². The first-order valence-corrected chi connectivity index (χ1v) is 9.33.